The fourth-order valence-electron chi connectivity index (χ4n) is 4.33. The first kappa shape index (κ1) is 20.1. The van der Waals surface area contributed by atoms with Crippen LogP contribution in [-0.4, -0.2) is 28.9 Å². The number of carbonyl (C=O) groups excluding carboxylic acids is 1. The molecule has 0 spiro atoms. The first-order valence-corrected chi connectivity index (χ1v) is 12.0. The molecule has 3 aromatic rings. The Balaban J connectivity index is 1.46. The summed E-state index contributed by atoms with van der Waals surface area (Å²) in [6, 6.07) is 18.2. The van der Waals surface area contributed by atoms with E-state index in [1.54, 1.807) is 0 Å². The number of aromatic nitrogens is 1. The molecule has 2 aliphatic rings. The first-order chi connectivity index (χ1) is 15.3. The minimum absolute atomic E-state index is 0.0764. The van der Waals surface area contributed by atoms with E-state index >= 15 is 0 Å². The van der Waals surface area contributed by atoms with Gasteiger partial charge in [0.2, 0.25) is 5.13 Å². The van der Waals surface area contributed by atoms with Crippen molar-refractivity contribution in [3.05, 3.63) is 60.2 Å². The van der Waals surface area contributed by atoms with Gasteiger partial charge in [0.05, 0.1) is 15.9 Å². The van der Waals surface area contributed by atoms with E-state index in [1.807, 2.05) is 60.8 Å². The predicted molar refractivity (Wildman–Crippen MR) is 128 cm³/mol. The van der Waals surface area contributed by atoms with Crippen molar-refractivity contribution in [2.45, 2.75) is 51.0 Å². The zero-order valence-corrected chi connectivity index (χ0v) is 18.3. The maximum Gasteiger partial charge on any atom is 0.264 e. The Bertz CT molecular complexity index is 1080. The van der Waals surface area contributed by atoms with Gasteiger partial charge in [-0.3, -0.25) is 9.79 Å². The summed E-state index contributed by atoms with van der Waals surface area (Å²) in [5, 5.41) is 6.83. The lowest BCUT2D eigenvalue weighted by Crippen LogP contribution is -2.29. The van der Waals surface area contributed by atoms with E-state index in [0.29, 0.717) is 11.2 Å². The maximum absolute atomic E-state index is 13.4. The molecule has 1 atom stereocenters. The summed E-state index contributed by atoms with van der Waals surface area (Å²) < 4.78 is 1.05. The van der Waals surface area contributed by atoms with Gasteiger partial charge in [-0.25, -0.2) is 4.98 Å². The van der Waals surface area contributed by atoms with Crippen LogP contribution in [0.15, 0.2) is 64.7 Å². The highest BCUT2D eigenvalue weighted by Gasteiger charge is 2.38. The van der Waals surface area contributed by atoms with E-state index in [4.69, 9.17) is 10.1 Å². The van der Waals surface area contributed by atoms with Gasteiger partial charge in [0.25, 0.3) is 5.91 Å². The van der Waals surface area contributed by atoms with Crippen LogP contribution in [0.4, 0.5) is 5.13 Å². The SMILES string of the molecule is O=C1[C@@H](C=NC2CCCCCCC2)C(c2ccccc2)=NN1c1nc2ccccc2s1. The Kier molecular flexibility index (Phi) is 5.89. The highest BCUT2D eigenvalue weighted by molar-refractivity contribution is 7.22. The second-order valence-electron chi connectivity index (χ2n) is 8.24. The molecule has 1 aliphatic carbocycles. The molecule has 6 heteroatoms. The summed E-state index contributed by atoms with van der Waals surface area (Å²) in [7, 11) is 0. The van der Waals surface area contributed by atoms with Gasteiger partial charge in [-0.15, -0.1) is 0 Å². The number of carbonyl (C=O) groups is 1. The van der Waals surface area contributed by atoms with Crippen LogP contribution in [0.1, 0.15) is 50.5 Å². The molecule has 5 rings (SSSR count). The molecule has 2 aromatic carbocycles. The van der Waals surface area contributed by atoms with E-state index in [-0.39, 0.29) is 5.91 Å². The number of hydrogen-bond donors (Lipinski definition) is 0. The van der Waals surface area contributed by atoms with Crippen LogP contribution in [0.3, 0.4) is 0 Å². The van der Waals surface area contributed by atoms with E-state index in [2.05, 4.69) is 4.98 Å². The second-order valence-corrected chi connectivity index (χ2v) is 9.25. The van der Waals surface area contributed by atoms with Crippen LogP contribution in [0.5, 0.6) is 0 Å². The van der Waals surface area contributed by atoms with Gasteiger partial charge in [-0.05, 0) is 30.5 Å². The topological polar surface area (TPSA) is 57.9 Å². The molecule has 1 aliphatic heterocycles. The highest BCUT2D eigenvalue weighted by atomic mass is 32.1. The minimum atomic E-state index is -0.472. The lowest BCUT2D eigenvalue weighted by Gasteiger charge is -2.16. The smallest absolute Gasteiger partial charge is 0.264 e. The van der Waals surface area contributed by atoms with Crippen LogP contribution in [-0.2, 0) is 4.79 Å². The molecule has 5 nitrogen and oxygen atoms in total. The fourth-order valence-corrected chi connectivity index (χ4v) is 5.25. The molecule has 0 unspecified atom stereocenters. The number of hydrogen-bond acceptors (Lipinski definition) is 5. The standard InChI is InChI=1S/C25H26N4OS/c30-24-20(17-26-19-13-7-2-1-3-8-14-19)23(18-11-5-4-6-12-18)28-29(24)25-27-21-15-9-10-16-22(21)31-25/h4-6,9-12,15-17,19-20H,1-3,7-8,13-14H2/t20-/m0/s1. The van der Waals surface area contributed by atoms with Crippen LogP contribution in [0.25, 0.3) is 10.2 Å². The number of para-hydroxylation sites is 1. The summed E-state index contributed by atoms with van der Waals surface area (Å²) in [6.45, 7) is 0. The number of thiazole rings is 1. The van der Waals surface area contributed by atoms with Crippen molar-refractivity contribution in [1.29, 1.82) is 0 Å². The van der Waals surface area contributed by atoms with Crippen molar-refractivity contribution in [2.24, 2.45) is 16.0 Å². The molecule has 1 aromatic heterocycles. The molecule has 1 saturated carbocycles. The van der Waals surface area contributed by atoms with Gasteiger partial charge < -0.3 is 0 Å². The Morgan fingerprint density at radius 2 is 1.65 bits per heavy atom. The molecule has 0 saturated heterocycles. The Morgan fingerprint density at radius 1 is 0.935 bits per heavy atom. The molecule has 1 fully saturated rings. The third-order valence-electron chi connectivity index (χ3n) is 6.03. The number of amides is 1. The van der Waals surface area contributed by atoms with Crippen molar-refractivity contribution in [3.8, 4) is 0 Å². The third kappa shape index (κ3) is 4.30. The number of anilines is 1. The number of nitrogens with zero attached hydrogens (tertiary/aromatic N) is 4. The lowest BCUT2D eigenvalue weighted by atomic mass is 9.96. The molecule has 1 amide bonds. The fraction of sp³-hybridized carbons (Fsp3) is 0.360. The largest absolute Gasteiger partial charge is 0.293 e. The molecule has 31 heavy (non-hydrogen) atoms. The quantitative estimate of drug-likeness (QED) is 0.488. The van der Waals surface area contributed by atoms with E-state index in [1.165, 1.54) is 48.4 Å². The number of fused-ring (bicyclic) bond motifs is 1. The number of hydrazone groups is 1. The van der Waals surface area contributed by atoms with Crippen LogP contribution in [0.2, 0.25) is 0 Å². The van der Waals surface area contributed by atoms with E-state index in [9.17, 15) is 4.79 Å². The van der Waals surface area contributed by atoms with Gasteiger partial charge in [-0.2, -0.15) is 10.1 Å². The average Bonchev–Trinajstić information content (AvgIpc) is 3.34. The average molecular weight is 431 g/mol. The number of benzene rings is 2. The van der Waals surface area contributed by atoms with Crippen molar-refractivity contribution < 1.29 is 4.79 Å². The van der Waals surface area contributed by atoms with Gasteiger partial charge in [0.15, 0.2) is 0 Å². The molecule has 0 N–H and O–H groups in total. The monoisotopic (exact) mass is 430 g/mol. The minimum Gasteiger partial charge on any atom is -0.293 e. The maximum atomic E-state index is 13.4. The predicted octanol–water partition coefficient (Wildman–Crippen LogP) is 5.85. The first-order valence-electron chi connectivity index (χ1n) is 11.2. The number of rotatable bonds is 4. The Labute approximate surface area is 186 Å². The Hall–Kier alpha value is -2.86. The highest BCUT2D eigenvalue weighted by Crippen LogP contribution is 2.33. The zero-order valence-electron chi connectivity index (χ0n) is 17.5. The van der Waals surface area contributed by atoms with Gasteiger partial charge in [0, 0.05) is 12.3 Å². The van der Waals surface area contributed by atoms with Crippen molar-refractivity contribution >= 4 is 44.5 Å². The van der Waals surface area contributed by atoms with Crippen molar-refractivity contribution in [1.82, 2.24) is 4.98 Å². The molecular formula is C25H26N4OS. The summed E-state index contributed by atoms with van der Waals surface area (Å²) in [4.78, 5) is 23.0. The van der Waals surface area contributed by atoms with E-state index in [0.717, 1.165) is 34.3 Å². The Morgan fingerprint density at radius 3 is 2.42 bits per heavy atom. The molecule has 2 heterocycles. The van der Waals surface area contributed by atoms with Crippen LogP contribution >= 0.6 is 11.3 Å². The van der Waals surface area contributed by atoms with Crippen LogP contribution in [0, 0.1) is 5.92 Å². The van der Waals surface area contributed by atoms with Gasteiger partial charge >= 0.3 is 0 Å². The van der Waals surface area contributed by atoms with Crippen molar-refractivity contribution in [2.75, 3.05) is 5.01 Å². The summed E-state index contributed by atoms with van der Waals surface area (Å²) in [5.74, 6) is -0.549. The van der Waals surface area contributed by atoms with E-state index < -0.39 is 5.92 Å². The molecule has 158 valence electrons. The summed E-state index contributed by atoms with van der Waals surface area (Å²) in [6.07, 6.45) is 10.4. The molecular weight excluding hydrogens is 404 g/mol. The van der Waals surface area contributed by atoms with Crippen LogP contribution < -0.4 is 5.01 Å². The molecule has 0 radical (unpaired) electrons. The zero-order chi connectivity index (χ0) is 21.0. The van der Waals surface area contributed by atoms with Gasteiger partial charge in [0.1, 0.15) is 5.92 Å². The van der Waals surface area contributed by atoms with Gasteiger partial charge in [-0.1, -0.05) is 85.9 Å². The third-order valence-corrected chi connectivity index (χ3v) is 7.04. The van der Waals surface area contributed by atoms with Crippen molar-refractivity contribution in [3.63, 3.8) is 0 Å². The second kappa shape index (κ2) is 9.10. The normalized spacial score (nSPS) is 20.9. The number of aliphatic imine (C=N–C) groups is 1. The summed E-state index contributed by atoms with van der Waals surface area (Å²) >= 11 is 1.49. The summed E-state index contributed by atoms with van der Waals surface area (Å²) in [5.41, 5.74) is 2.59. The molecule has 0 bridgehead atoms. The lowest BCUT2D eigenvalue weighted by molar-refractivity contribution is -0.118.